The molecule has 33 heavy (non-hydrogen) atoms. The molecule has 1 atom stereocenters. The molecule has 4 rings (SSSR count). The minimum Gasteiger partial charge on any atom is -0.378 e. The Hall–Kier alpha value is -3.07. The molecule has 0 radical (unpaired) electrons. The zero-order valence-electron chi connectivity index (χ0n) is 18.5. The molecule has 0 aromatic heterocycles. The number of para-hydroxylation sites is 1. The monoisotopic (exact) mass is 461 g/mol. The third-order valence-electron chi connectivity index (χ3n) is 6.09. The lowest BCUT2D eigenvalue weighted by Crippen LogP contribution is -2.36. The molecule has 0 aliphatic carbocycles. The minimum absolute atomic E-state index is 0.00882. The van der Waals surface area contributed by atoms with E-state index in [0.717, 1.165) is 28.9 Å². The van der Waals surface area contributed by atoms with Gasteiger partial charge in [0.15, 0.2) is 0 Å². The zero-order chi connectivity index (χ0) is 23.8. The van der Waals surface area contributed by atoms with Crippen LogP contribution in [0.1, 0.15) is 23.1 Å². The molecule has 2 aliphatic rings. The van der Waals surface area contributed by atoms with Crippen molar-refractivity contribution in [1.29, 1.82) is 0 Å². The summed E-state index contributed by atoms with van der Waals surface area (Å²) in [5, 5.41) is 2.62. The maximum absolute atomic E-state index is 13.5. The standard InChI is InChI=1S/C24H26F3N3O3/c1-15-4-3-5-16(2)22(15)30-14-17(10-21(30)31)23(32)28-19-11-18(24(25,26)27)12-20(13-19)29-6-8-33-9-7-29/h3-5,11-13,17H,6-10,14H2,1-2H3,(H,28,32). The average molecular weight is 461 g/mol. The SMILES string of the molecule is Cc1cccc(C)c1N1CC(C(=O)Nc2cc(N3CCOCC3)cc(C(F)(F)F)c2)CC1=O. The third-order valence-corrected chi connectivity index (χ3v) is 6.09. The van der Waals surface area contributed by atoms with Crippen molar-refractivity contribution in [2.45, 2.75) is 26.4 Å². The first-order valence-corrected chi connectivity index (χ1v) is 10.9. The molecule has 9 heteroatoms. The molecule has 1 N–H and O–H groups in total. The Morgan fingerprint density at radius 1 is 1.09 bits per heavy atom. The number of alkyl halides is 3. The van der Waals surface area contributed by atoms with Crippen LogP contribution in [0, 0.1) is 19.8 Å². The first kappa shape index (κ1) is 23.1. The van der Waals surface area contributed by atoms with Gasteiger partial charge in [0, 0.05) is 43.1 Å². The zero-order valence-corrected chi connectivity index (χ0v) is 18.5. The van der Waals surface area contributed by atoms with Crippen molar-refractivity contribution in [3.05, 3.63) is 53.1 Å². The number of hydrogen-bond donors (Lipinski definition) is 1. The number of carbonyl (C=O) groups is 2. The van der Waals surface area contributed by atoms with Crippen LogP contribution in [0.4, 0.5) is 30.2 Å². The number of halogens is 3. The van der Waals surface area contributed by atoms with E-state index in [2.05, 4.69) is 5.32 Å². The number of morpholine rings is 1. The van der Waals surface area contributed by atoms with Crippen LogP contribution in [0.5, 0.6) is 0 Å². The van der Waals surface area contributed by atoms with Gasteiger partial charge in [-0.2, -0.15) is 13.2 Å². The van der Waals surface area contributed by atoms with Gasteiger partial charge in [0.1, 0.15) is 0 Å². The highest BCUT2D eigenvalue weighted by Gasteiger charge is 2.37. The highest BCUT2D eigenvalue weighted by Crippen LogP contribution is 2.36. The lowest BCUT2D eigenvalue weighted by atomic mass is 10.1. The van der Waals surface area contributed by atoms with Crippen LogP contribution in [0.25, 0.3) is 0 Å². The first-order chi connectivity index (χ1) is 15.6. The Balaban J connectivity index is 1.55. The number of ether oxygens (including phenoxy) is 1. The van der Waals surface area contributed by atoms with Crippen LogP contribution in [0.3, 0.4) is 0 Å². The number of rotatable bonds is 4. The molecular weight excluding hydrogens is 435 g/mol. The molecule has 1 unspecified atom stereocenters. The fourth-order valence-corrected chi connectivity index (χ4v) is 4.43. The third kappa shape index (κ3) is 4.98. The van der Waals surface area contributed by atoms with Crippen molar-refractivity contribution < 1.29 is 27.5 Å². The van der Waals surface area contributed by atoms with Crippen molar-refractivity contribution in [1.82, 2.24) is 0 Å². The molecule has 0 spiro atoms. The Labute approximate surface area is 190 Å². The van der Waals surface area contributed by atoms with Gasteiger partial charge < -0.3 is 19.9 Å². The molecule has 2 fully saturated rings. The summed E-state index contributed by atoms with van der Waals surface area (Å²) in [6.07, 6.45) is -4.54. The van der Waals surface area contributed by atoms with E-state index >= 15 is 0 Å². The van der Waals surface area contributed by atoms with Crippen LogP contribution >= 0.6 is 0 Å². The maximum Gasteiger partial charge on any atom is 0.416 e. The molecule has 6 nitrogen and oxygen atoms in total. The van der Waals surface area contributed by atoms with Gasteiger partial charge in [0.2, 0.25) is 11.8 Å². The van der Waals surface area contributed by atoms with Crippen molar-refractivity contribution in [2.75, 3.05) is 48.0 Å². The normalized spacial score (nSPS) is 19.2. The fourth-order valence-electron chi connectivity index (χ4n) is 4.43. The van der Waals surface area contributed by atoms with Crippen molar-refractivity contribution in [3.63, 3.8) is 0 Å². The second kappa shape index (κ2) is 9.05. The first-order valence-electron chi connectivity index (χ1n) is 10.9. The number of anilines is 3. The number of hydrogen-bond acceptors (Lipinski definition) is 4. The highest BCUT2D eigenvalue weighted by atomic mass is 19.4. The molecule has 176 valence electrons. The summed E-state index contributed by atoms with van der Waals surface area (Å²) in [6, 6.07) is 9.26. The molecule has 2 amide bonds. The number of benzene rings is 2. The van der Waals surface area contributed by atoms with Gasteiger partial charge in [-0.3, -0.25) is 9.59 Å². The number of amides is 2. The Bertz CT molecular complexity index is 1040. The van der Waals surface area contributed by atoms with Crippen LogP contribution in [-0.2, 0) is 20.5 Å². The largest absolute Gasteiger partial charge is 0.416 e. The fraction of sp³-hybridized carbons (Fsp3) is 0.417. The second-order valence-corrected chi connectivity index (χ2v) is 8.50. The molecule has 0 bridgehead atoms. The van der Waals surface area contributed by atoms with Gasteiger partial charge in [-0.15, -0.1) is 0 Å². The number of carbonyl (C=O) groups excluding carboxylic acids is 2. The Morgan fingerprint density at radius 2 is 1.76 bits per heavy atom. The van der Waals surface area contributed by atoms with Gasteiger partial charge >= 0.3 is 6.18 Å². The van der Waals surface area contributed by atoms with E-state index in [-0.39, 0.29) is 24.6 Å². The number of nitrogens with zero attached hydrogens (tertiary/aromatic N) is 2. The van der Waals surface area contributed by atoms with Crippen LogP contribution in [-0.4, -0.2) is 44.7 Å². The number of aryl methyl sites for hydroxylation is 2. The molecule has 2 heterocycles. The van der Waals surface area contributed by atoms with E-state index in [9.17, 15) is 22.8 Å². The average Bonchev–Trinajstić information content (AvgIpc) is 3.15. The minimum atomic E-state index is -4.55. The van der Waals surface area contributed by atoms with E-state index < -0.39 is 23.6 Å². The summed E-state index contributed by atoms with van der Waals surface area (Å²) in [6.45, 7) is 5.78. The van der Waals surface area contributed by atoms with E-state index in [4.69, 9.17) is 4.74 Å². The Kier molecular flexibility index (Phi) is 6.34. The molecule has 2 aliphatic heterocycles. The molecule has 2 aromatic carbocycles. The smallest absolute Gasteiger partial charge is 0.378 e. The molecule has 2 aromatic rings. The van der Waals surface area contributed by atoms with Crippen molar-refractivity contribution in [2.24, 2.45) is 5.92 Å². The van der Waals surface area contributed by atoms with Gasteiger partial charge in [-0.05, 0) is 43.2 Å². The predicted molar refractivity (Wildman–Crippen MR) is 119 cm³/mol. The van der Waals surface area contributed by atoms with E-state index in [1.165, 1.54) is 0 Å². The summed E-state index contributed by atoms with van der Waals surface area (Å²) in [5.41, 5.74) is 2.25. The summed E-state index contributed by atoms with van der Waals surface area (Å²) in [7, 11) is 0. The van der Waals surface area contributed by atoms with E-state index in [1.54, 1.807) is 15.9 Å². The summed E-state index contributed by atoms with van der Waals surface area (Å²) >= 11 is 0. The molecular formula is C24H26F3N3O3. The van der Waals surface area contributed by atoms with Gasteiger partial charge in [0.25, 0.3) is 0 Å². The van der Waals surface area contributed by atoms with Crippen LogP contribution < -0.4 is 15.1 Å². The van der Waals surface area contributed by atoms with Crippen LogP contribution in [0.15, 0.2) is 36.4 Å². The van der Waals surface area contributed by atoms with Crippen molar-refractivity contribution in [3.8, 4) is 0 Å². The van der Waals surface area contributed by atoms with E-state index in [1.807, 2.05) is 32.0 Å². The highest BCUT2D eigenvalue weighted by molar-refractivity contribution is 6.04. The van der Waals surface area contributed by atoms with Crippen LogP contribution in [0.2, 0.25) is 0 Å². The summed E-state index contributed by atoms with van der Waals surface area (Å²) < 4.78 is 45.8. The van der Waals surface area contributed by atoms with E-state index in [0.29, 0.717) is 32.0 Å². The maximum atomic E-state index is 13.5. The van der Waals surface area contributed by atoms with Gasteiger partial charge in [-0.1, -0.05) is 18.2 Å². The summed E-state index contributed by atoms with van der Waals surface area (Å²) in [4.78, 5) is 29.0. The quantitative estimate of drug-likeness (QED) is 0.743. The van der Waals surface area contributed by atoms with Gasteiger partial charge in [-0.25, -0.2) is 0 Å². The molecule has 0 saturated carbocycles. The number of nitrogens with one attached hydrogen (secondary N) is 1. The molecule has 2 saturated heterocycles. The summed E-state index contributed by atoms with van der Waals surface area (Å²) in [5.74, 6) is -1.30. The lowest BCUT2D eigenvalue weighted by molar-refractivity contribution is -0.137. The van der Waals surface area contributed by atoms with Gasteiger partial charge in [0.05, 0.1) is 24.7 Å². The second-order valence-electron chi connectivity index (χ2n) is 8.50. The Morgan fingerprint density at radius 3 is 2.39 bits per heavy atom. The van der Waals surface area contributed by atoms with Crippen molar-refractivity contribution >= 4 is 28.9 Å². The predicted octanol–water partition coefficient (Wildman–Crippen LogP) is 4.15. The topological polar surface area (TPSA) is 61.9 Å². The lowest BCUT2D eigenvalue weighted by Gasteiger charge is -2.30.